The first kappa shape index (κ1) is 13.3. The predicted molar refractivity (Wildman–Crippen MR) is 86.2 cm³/mol. The lowest BCUT2D eigenvalue weighted by Gasteiger charge is -2.10. The summed E-state index contributed by atoms with van der Waals surface area (Å²) >= 11 is 1.71. The summed E-state index contributed by atoms with van der Waals surface area (Å²) in [7, 11) is 0. The van der Waals surface area contributed by atoms with E-state index in [1.54, 1.807) is 11.3 Å². The van der Waals surface area contributed by atoms with E-state index in [9.17, 15) is 5.11 Å². The van der Waals surface area contributed by atoms with Crippen molar-refractivity contribution in [3.63, 3.8) is 0 Å². The molecule has 1 N–H and O–H groups in total. The smallest absolute Gasteiger partial charge is 0.0804 e. The summed E-state index contributed by atoms with van der Waals surface area (Å²) < 4.78 is 1.25. The lowest BCUT2D eigenvalue weighted by Crippen LogP contribution is -1.97. The molecule has 0 fully saturated rings. The van der Waals surface area contributed by atoms with E-state index in [-0.39, 0.29) is 6.10 Å². The lowest BCUT2D eigenvalue weighted by molar-refractivity contribution is 0.166. The summed E-state index contributed by atoms with van der Waals surface area (Å²) in [6.07, 6.45) is 2.50. The largest absolute Gasteiger partial charge is 0.388 e. The van der Waals surface area contributed by atoms with Crippen LogP contribution in [-0.4, -0.2) is 5.11 Å². The molecule has 1 nitrogen and oxygen atoms in total. The fourth-order valence-corrected chi connectivity index (χ4v) is 3.56. The van der Waals surface area contributed by atoms with Crippen LogP contribution < -0.4 is 0 Å². The van der Waals surface area contributed by atoms with Crippen molar-refractivity contribution in [3.05, 3.63) is 71.1 Å². The molecule has 0 aliphatic heterocycles. The van der Waals surface area contributed by atoms with Crippen molar-refractivity contribution in [2.24, 2.45) is 0 Å². The van der Waals surface area contributed by atoms with Gasteiger partial charge in [-0.3, -0.25) is 0 Å². The molecule has 20 heavy (non-hydrogen) atoms. The minimum absolute atomic E-state index is 0.352. The van der Waals surface area contributed by atoms with Crippen molar-refractivity contribution in [2.75, 3.05) is 0 Å². The van der Waals surface area contributed by atoms with Gasteiger partial charge in [-0.2, -0.15) is 0 Å². The number of aryl methyl sites for hydroxylation is 1. The molecule has 0 radical (unpaired) electrons. The van der Waals surface area contributed by atoms with Gasteiger partial charge in [0.1, 0.15) is 0 Å². The fourth-order valence-electron chi connectivity index (χ4n) is 2.56. The monoisotopic (exact) mass is 282 g/mol. The number of aliphatic hydroxyl groups is 1. The first-order valence-electron chi connectivity index (χ1n) is 7.03. The van der Waals surface area contributed by atoms with Crippen LogP contribution in [0.5, 0.6) is 0 Å². The van der Waals surface area contributed by atoms with Crippen LogP contribution in [0, 0.1) is 0 Å². The molecule has 0 amide bonds. The maximum Gasteiger partial charge on any atom is 0.0804 e. The Morgan fingerprint density at radius 1 is 0.950 bits per heavy atom. The van der Waals surface area contributed by atoms with E-state index < -0.39 is 0 Å². The zero-order valence-corrected chi connectivity index (χ0v) is 12.1. The van der Waals surface area contributed by atoms with Crippen LogP contribution >= 0.6 is 11.3 Å². The molecule has 2 aromatic carbocycles. The Kier molecular flexibility index (Phi) is 4.14. The van der Waals surface area contributed by atoms with Crippen LogP contribution in [0.3, 0.4) is 0 Å². The Balaban J connectivity index is 1.63. The molecule has 2 heteroatoms. The number of rotatable bonds is 5. The summed E-state index contributed by atoms with van der Waals surface area (Å²) in [5.74, 6) is 0. The summed E-state index contributed by atoms with van der Waals surface area (Å²) in [5.41, 5.74) is 2.42. The molecule has 0 aliphatic carbocycles. The SMILES string of the molecule is OC(CCCc1ccccc1)c1csc2ccccc12. The molecule has 0 saturated carbocycles. The average Bonchev–Trinajstić information content (AvgIpc) is 2.92. The van der Waals surface area contributed by atoms with Crippen molar-refractivity contribution in [2.45, 2.75) is 25.4 Å². The van der Waals surface area contributed by atoms with Crippen LogP contribution in [0.4, 0.5) is 0 Å². The zero-order valence-electron chi connectivity index (χ0n) is 11.3. The molecule has 1 aromatic heterocycles. The Bertz CT molecular complexity index is 672. The molecule has 1 heterocycles. The summed E-state index contributed by atoms with van der Waals surface area (Å²) in [6, 6.07) is 18.8. The van der Waals surface area contributed by atoms with Crippen LogP contribution in [-0.2, 0) is 6.42 Å². The molecular formula is C18H18OS. The van der Waals surface area contributed by atoms with Crippen molar-refractivity contribution >= 4 is 21.4 Å². The quantitative estimate of drug-likeness (QED) is 0.701. The van der Waals surface area contributed by atoms with E-state index in [2.05, 4.69) is 41.8 Å². The van der Waals surface area contributed by atoms with Gasteiger partial charge in [-0.25, -0.2) is 0 Å². The maximum atomic E-state index is 10.4. The fraction of sp³-hybridized carbons (Fsp3) is 0.222. The normalized spacial score (nSPS) is 12.7. The molecule has 0 bridgehead atoms. The van der Waals surface area contributed by atoms with E-state index in [0.29, 0.717) is 0 Å². The van der Waals surface area contributed by atoms with Crippen molar-refractivity contribution in [3.8, 4) is 0 Å². The van der Waals surface area contributed by atoms with Crippen LogP contribution in [0.1, 0.15) is 30.1 Å². The molecule has 1 atom stereocenters. The van der Waals surface area contributed by atoms with Gasteiger partial charge in [-0.1, -0.05) is 48.5 Å². The molecule has 102 valence electrons. The van der Waals surface area contributed by atoms with E-state index in [1.165, 1.54) is 15.6 Å². The van der Waals surface area contributed by atoms with Gasteiger partial charge in [0.2, 0.25) is 0 Å². The van der Waals surface area contributed by atoms with Gasteiger partial charge in [0, 0.05) is 4.70 Å². The maximum absolute atomic E-state index is 10.4. The molecule has 0 aliphatic rings. The van der Waals surface area contributed by atoms with E-state index in [1.807, 2.05) is 18.2 Å². The zero-order chi connectivity index (χ0) is 13.8. The van der Waals surface area contributed by atoms with Crippen LogP contribution in [0.2, 0.25) is 0 Å². The van der Waals surface area contributed by atoms with Crippen LogP contribution in [0.25, 0.3) is 10.1 Å². The second kappa shape index (κ2) is 6.21. The highest BCUT2D eigenvalue weighted by Gasteiger charge is 2.12. The minimum atomic E-state index is -0.352. The molecule has 0 saturated heterocycles. The third-order valence-corrected chi connectivity index (χ3v) is 4.64. The van der Waals surface area contributed by atoms with Gasteiger partial charge in [0.25, 0.3) is 0 Å². The highest BCUT2D eigenvalue weighted by molar-refractivity contribution is 7.17. The van der Waals surface area contributed by atoms with Gasteiger partial charge in [-0.05, 0) is 47.2 Å². The summed E-state index contributed by atoms with van der Waals surface area (Å²) in [4.78, 5) is 0. The van der Waals surface area contributed by atoms with Gasteiger partial charge in [0.05, 0.1) is 6.10 Å². The van der Waals surface area contributed by atoms with E-state index >= 15 is 0 Å². The third-order valence-electron chi connectivity index (χ3n) is 3.66. The number of fused-ring (bicyclic) bond motifs is 1. The molecule has 0 spiro atoms. The predicted octanol–water partition coefficient (Wildman–Crippen LogP) is 4.96. The third kappa shape index (κ3) is 2.92. The second-order valence-corrected chi connectivity index (χ2v) is 5.99. The first-order chi connectivity index (χ1) is 9.84. The number of benzene rings is 2. The highest BCUT2D eigenvalue weighted by Crippen LogP contribution is 2.32. The number of aliphatic hydroxyl groups excluding tert-OH is 1. The number of hydrogen-bond acceptors (Lipinski definition) is 2. The van der Waals surface area contributed by atoms with E-state index in [0.717, 1.165) is 24.8 Å². The molecular weight excluding hydrogens is 264 g/mol. The first-order valence-corrected chi connectivity index (χ1v) is 7.90. The molecule has 3 aromatic rings. The van der Waals surface area contributed by atoms with Gasteiger partial charge >= 0.3 is 0 Å². The molecule has 3 rings (SSSR count). The Morgan fingerprint density at radius 2 is 1.70 bits per heavy atom. The van der Waals surface area contributed by atoms with Crippen molar-refractivity contribution in [1.82, 2.24) is 0 Å². The minimum Gasteiger partial charge on any atom is -0.388 e. The Hall–Kier alpha value is -1.64. The highest BCUT2D eigenvalue weighted by atomic mass is 32.1. The van der Waals surface area contributed by atoms with E-state index in [4.69, 9.17) is 0 Å². The van der Waals surface area contributed by atoms with Crippen molar-refractivity contribution < 1.29 is 5.11 Å². The number of hydrogen-bond donors (Lipinski definition) is 1. The summed E-state index contributed by atoms with van der Waals surface area (Å²) in [6.45, 7) is 0. The second-order valence-electron chi connectivity index (χ2n) is 5.08. The molecule has 1 unspecified atom stereocenters. The Labute approximate surface area is 123 Å². The van der Waals surface area contributed by atoms with Crippen LogP contribution in [0.15, 0.2) is 60.0 Å². The number of thiophene rings is 1. The summed E-state index contributed by atoms with van der Waals surface area (Å²) in [5, 5.41) is 13.7. The van der Waals surface area contributed by atoms with Gasteiger partial charge in [-0.15, -0.1) is 11.3 Å². The van der Waals surface area contributed by atoms with Gasteiger partial charge in [0.15, 0.2) is 0 Å². The topological polar surface area (TPSA) is 20.2 Å². The van der Waals surface area contributed by atoms with Gasteiger partial charge < -0.3 is 5.11 Å². The Morgan fingerprint density at radius 3 is 2.55 bits per heavy atom. The average molecular weight is 282 g/mol. The van der Waals surface area contributed by atoms with Crippen molar-refractivity contribution in [1.29, 1.82) is 0 Å². The lowest BCUT2D eigenvalue weighted by atomic mass is 10.0. The standard InChI is InChI=1S/C18H18OS/c19-17(11-6-9-14-7-2-1-3-8-14)16-13-20-18-12-5-4-10-15(16)18/h1-5,7-8,10,12-13,17,19H,6,9,11H2.